The zero-order chi connectivity index (χ0) is 19.1. The summed E-state index contributed by atoms with van der Waals surface area (Å²) >= 11 is 0. The standard InChI is InChI=1S/C21H18N4O2/c1-15-6-9-18(10-7-15)27-14-21(26)25-20-11-8-17(13-23-20)24-19-5-3-2-4-16(19)12-22/h2-11,13,24H,14H2,1H3,(H,23,25,26). The lowest BCUT2D eigenvalue weighted by Gasteiger charge is -2.09. The van der Waals surface area contributed by atoms with Crippen LogP contribution in [0, 0.1) is 18.3 Å². The normalized spacial score (nSPS) is 9.93. The fraction of sp³-hybridized carbons (Fsp3) is 0.0952. The van der Waals surface area contributed by atoms with Crippen molar-refractivity contribution < 1.29 is 9.53 Å². The Balaban J connectivity index is 1.55. The Hall–Kier alpha value is -3.85. The summed E-state index contributed by atoms with van der Waals surface area (Å²) in [6, 6.07) is 20.3. The molecule has 0 saturated carbocycles. The van der Waals surface area contributed by atoms with E-state index in [2.05, 4.69) is 21.7 Å². The summed E-state index contributed by atoms with van der Waals surface area (Å²) in [5, 5.41) is 14.9. The number of pyridine rings is 1. The van der Waals surface area contributed by atoms with Gasteiger partial charge in [-0.05, 0) is 43.3 Å². The van der Waals surface area contributed by atoms with E-state index in [4.69, 9.17) is 10.00 Å². The highest BCUT2D eigenvalue weighted by Crippen LogP contribution is 2.20. The second kappa shape index (κ2) is 8.50. The maximum Gasteiger partial charge on any atom is 0.263 e. The van der Waals surface area contributed by atoms with Crippen molar-refractivity contribution in [1.82, 2.24) is 4.98 Å². The van der Waals surface area contributed by atoms with Crippen LogP contribution < -0.4 is 15.4 Å². The van der Waals surface area contributed by atoms with E-state index in [0.717, 1.165) is 5.56 Å². The Morgan fingerprint density at radius 1 is 1.11 bits per heavy atom. The molecule has 2 N–H and O–H groups in total. The minimum atomic E-state index is -0.293. The van der Waals surface area contributed by atoms with E-state index in [1.54, 1.807) is 30.5 Å². The molecule has 0 atom stereocenters. The quantitative estimate of drug-likeness (QED) is 0.695. The van der Waals surface area contributed by atoms with Crippen LogP contribution in [0.15, 0.2) is 66.9 Å². The molecule has 0 aliphatic carbocycles. The van der Waals surface area contributed by atoms with Crippen LogP contribution in [-0.4, -0.2) is 17.5 Å². The van der Waals surface area contributed by atoms with Crippen molar-refractivity contribution in [2.24, 2.45) is 0 Å². The number of para-hydroxylation sites is 1. The molecule has 0 aliphatic heterocycles. The van der Waals surface area contributed by atoms with E-state index in [-0.39, 0.29) is 12.5 Å². The van der Waals surface area contributed by atoms with Gasteiger partial charge in [-0.1, -0.05) is 29.8 Å². The minimum absolute atomic E-state index is 0.0969. The molecule has 1 amide bonds. The zero-order valence-electron chi connectivity index (χ0n) is 14.8. The summed E-state index contributed by atoms with van der Waals surface area (Å²) in [5.74, 6) is 0.768. The van der Waals surface area contributed by atoms with Crippen molar-refractivity contribution in [1.29, 1.82) is 5.26 Å². The van der Waals surface area contributed by atoms with Gasteiger partial charge in [-0.25, -0.2) is 4.98 Å². The highest BCUT2D eigenvalue weighted by molar-refractivity contribution is 5.91. The second-order valence-corrected chi connectivity index (χ2v) is 5.86. The molecule has 0 bridgehead atoms. The van der Waals surface area contributed by atoms with Crippen molar-refractivity contribution in [3.63, 3.8) is 0 Å². The third kappa shape index (κ3) is 5.06. The first kappa shape index (κ1) is 18.0. The van der Waals surface area contributed by atoms with Gasteiger partial charge in [0, 0.05) is 0 Å². The summed E-state index contributed by atoms with van der Waals surface area (Å²) in [6.07, 6.45) is 1.59. The van der Waals surface area contributed by atoms with Crippen molar-refractivity contribution in [3.05, 3.63) is 78.0 Å². The van der Waals surface area contributed by atoms with Gasteiger partial charge in [0.25, 0.3) is 5.91 Å². The molecule has 2 aromatic carbocycles. The van der Waals surface area contributed by atoms with Gasteiger partial charge in [0.05, 0.1) is 23.1 Å². The highest BCUT2D eigenvalue weighted by Gasteiger charge is 2.06. The molecule has 1 heterocycles. The van der Waals surface area contributed by atoms with Crippen LogP contribution in [0.4, 0.5) is 17.2 Å². The first-order valence-corrected chi connectivity index (χ1v) is 8.35. The lowest BCUT2D eigenvalue weighted by Crippen LogP contribution is -2.20. The van der Waals surface area contributed by atoms with Gasteiger partial charge in [0.2, 0.25) is 0 Å². The van der Waals surface area contributed by atoms with E-state index >= 15 is 0 Å². The summed E-state index contributed by atoms with van der Waals surface area (Å²) in [6.45, 7) is 1.89. The smallest absolute Gasteiger partial charge is 0.263 e. The predicted octanol–water partition coefficient (Wildman–Crippen LogP) is 4.02. The van der Waals surface area contributed by atoms with Crippen LogP contribution in [0.3, 0.4) is 0 Å². The Bertz CT molecular complexity index is 961. The number of hydrogen-bond donors (Lipinski definition) is 2. The van der Waals surface area contributed by atoms with Gasteiger partial charge in [-0.3, -0.25) is 4.79 Å². The van der Waals surface area contributed by atoms with Crippen LogP contribution >= 0.6 is 0 Å². The number of carbonyl (C=O) groups is 1. The van der Waals surface area contributed by atoms with Gasteiger partial charge in [-0.2, -0.15) is 5.26 Å². The van der Waals surface area contributed by atoms with Crippen molar-refractivity contribution in [2.45, 2.75) is 6.92 Å². The van der Waals surface area contributed by atoms with Gasteiger partial charge in [-0.15, -0.1) is 0 Å². The molecular formula is C21H18N4O2. The van der Waals surface area contributed by atoms with Gasteiger partial charge in [0.1, 0.15) is 17.6 Å². The van der Waals surface area contributed by atoms with E-state index in [1.165, 1.54) is 0 Å². The first-order valence-electron chi connectivity index (χ1n) is 8.35. The van der Waals surface area contributed by atoms with Crippen LogP contribution in [0.2, 0.25) is 0 Å². The van der Waals surface area contributed by atoms with Crippen molar-refractivity contribution in [2.75, 3.05) is 17.2 Å². The maximum absolute atomic E-state index is 12.0. The second-order valence-electron chi connectivity index (χ2n) is 5.86. The molecular weight excluding hydrogens is 340 g/mol. The number of rotatable bonds is 6. The predicted molar refractivity (Wildman–Crippen MR) is 104 cm³/mol. The molecule has 0 unspecified atom stereocenters. The number of ether oxygens (including phenoxy) is 1. The van der Waals surface area contributed by atoms with Crippen molar-refractivity contribution >= 4 is 23.1 Å². The average molecular weight is 358 g/mol. The molecule has 27 heavy (non-hydrogen) atoms. The Labute approximate surface area is 157 Å². The monoisotopic (exact) mass is 358 g/mol. The molecule has 1 aromatic heterocycles. The number of nitrogens with zero attached hydrogens (tertiary/aromatic N) is 2. The zero-order valence-corrected chi connectivity index (χ0v) is 14.8. The SMILES string of the molecule is Cc1ccc(OCC(=O)Nc2ccc(Nc3ccccc3C#N)cn2)cc1. The number of aryl methyl sites for hydroxylation is 1. The van der Waals surface area contributed by atoms with E-state index in [0.29, 0.717) is 28.5 Å². The number of nitrogens with one attached hydrogen (secondary N) is 2. The molecule has 0 aliphatic rings. The van der Waals surface area contributed by atoms with Crippen LogP contribution in [0.25, 0.3) is 0 Å². The minimum Gasteiger partial charge on any atom is -0.484 e. The van der Waals surface area contributed by atoms with Gasteiger partial charge in [0.15, 0.2) is 6.61 Å². The van der Waals surface area contributed by atoms with E-state index in [9.17, 15) is 4.79 Å². The highest BCUT2D eigenvalue weighted by atomic mass is 16.5. The third-order valence-corrected chi connectivity index (χ3v) is 3.75. The van der Waals surface area contributed by atoms with E-state index in [1.807, 2.05) is 43.3 Å². The van der Waals surface area contributed by atoms with Crippen LogP contribution in [-0.2, 0) is 4.79 Å². The number of nitriles is 1. The number of benzene rings is 2. The molecule has 0 radical (unpaired) electrons. The Morgan fingerprint density at radius 2 is 1.89 bits per heavy atom. The fourth-order valence-corrected chi connectivity index (χ4v) is 2.35. The summed E-state index contributed by atoms with van der Waals surface area (Å²) in [5.41, 5.74) is 3.09. The summed E-state index contributed by atoms with van der Waals surface area (Å²) in [4.78, 5) is 16.2. The van der Waals surface area contributed by atoms with Crippen LogP contribution in [0.1, 0.15) is 11.1 Å². The molecule has 3 rings (SSSR count). The number of amides is 1. The summed E-state index contributed by atoms with van der Waals surface area (Å²) < 4.78 is 5.44. The Morgan fingerprint density at radius 3 is 2.59 bits per heavy atom. The average Bonchev–Trinajstić information content (AvgIpc) is 2.69. The maximum atomic E-state index is 12.0. The number of anilines is 3. The molecule has 134 valence electrons. The topological polar surface area (TPSA) is 87.0 Å². The van der Waals surface area contributed by atoms with Crippen molar-refractivity contribution in [3.8, 4) is 11.8 Å². The molecule has 6 nitrogen and oxygen atoms in total. The molecule has 0 spiro atoms. The molecule has 6 heteroatoms. The van der Waals surface area contributed by atoms with Gasteiger partial charge < -0.3 is 15.4 Å². The fourth-order valence-electron chi connectivity index (χ4n) is 2.35. The van der Waals surface area contributed by atoms with Crippen LogP contribution in [0.5, 0.6) is 5.75 Å². The van der Waals surface area contributed by atoms with E-state index < -0.39 is 0 Å². The number of carbonyl (C=O) groups excluding carboxylic acids is 1. The number of aromatic nitrogens is 1. The Kier molecular flexibility index (Phi) is 5.65. The third-order valence-electron chi connectivity index (χ3n) is 3.75. The lowest BCUT2D eigenvalue weighted by molar-refractivity contribution is -0.118. The molecule has 3 aromatic rings. The first-order chi connectivity index (χ1) is 13.1. The summed E-state index contributed by atoms with van der Waals surface area (Å²) in [7, 11) is 0. The molecule has 0 saturated heterocycles. The molecule has 0 fully saturated rings. The number of hydrogen-bond acceptors (Lipinski definition) is 5. The van der Waals surface area contributed by atoms with Gasteiger partial charge >= 0.3 is 0 Å². The lowest BCUT2D eigenvalue weighted by atomic mass is 10.2. The largest absolute Gasteiger partial charge is 0.484 e.